The Morgan fingerprint density at radius 3 is 1.71 bits per heavy atom. The van der Waals surface area contributed by atoms with Crippen LogP contribution in [-0.4, -0.2) is 23.4 Å². The zero-order chi connectivity index (χ0) is 10.8. The first-order valence-corrected chi connectivity index (χ1v) is 6.04. The van der Waals surface area contributed by atoms with Crippen molar-refractivity contribution in [2.24, 2.45) is 0 Å². The Bertz CT molecular complexity index is 140. The lowest BCUT2D eigenvalue weighted by molar-refractivity contribution is 0.219. The predicted octanol–water partition coefficient (Wildman–Crippen LogP) is 4.03. The highest BCUT2D eigenvalue weighted by Gasteiger charge is 2.08. The maximum atomic E-state index is 11.0. The molecule has 0 bridgehead atoms. The monoisotopic (exact) mass is 219 g/mol. The molecule has 0 N–H and O–H groups in total. The SMILES string of the molecule is CCCCCN(CCCCC)C(=O)Cl. The van der Waals surface area contributed by atoms with Gasteiger partial charge in [0.2, 0.25) is 0 Å². The number of unbranched alkanes of at least 4 members (excludes halogenated alkanes) is 4. The summed E-state index contributed by atoms with van der Waals surface area (Å²) >= 11 is 5.49. The molecule has 0 atom stereocenters. The highest BCUT2D eigenvalue weighted by molar-refractivity contribution is 6.62. The molecule has 0 rings (SSSR count). The van der Waals surface area contributed by atoms with Gasteiger partial charge in [-0.25, -0.2) is 0 Å². The van der Waals surface area contributed by atoms with Gasteiger partial charge in [0.15, 0.2) is 0 Å². The lowest BCUT2D eigenvalue weighted by Gasteiger charge is -2.19. The molecule has 0 aromatic rings. The van der Waals surface area contributed by atoms with Crippen LogP contribution in [0.5, 0.6) is 0 Å². The first kappa shape index (κ1) is 13.8. The molecule has 14 heavy (non-hydrogen) atoms. The summed E-state index contributed by atoms with van der Waals surface area (Å²) in [5.74, 6) is 0. The fourth-order valence-corrected chi connectivity index (χ4v) is 1.56. The number of amides is 1. The molecule has 0 saturated heterocycles. The van der Waals surface area contributed by atoms with Crippen molar-refractivity contribution < 1.29 is 4.79 Å². The smallest absolute Gasteiger partial charge is 0.316 e. The molecule has 0 unspecified atom stereocenters. The summed E-state index contributed by atoms with van der Waals surface area (Å²) in [4.78, 5) is 12.8. The van der Waals surface area contributed by atoms with Crippen molar-refractivity contribution in [2.75, 3.05) is 13.1 Å². The summed E-state index contributed by atoms with van der Waals surface area (Å²) in [7, 11) is 0. The van der Waals surface area contributed by atoms with E-state index in [9.17, 15) is 4.79 Å². The second-order valence-electron chi connectivity index (χ2n) is 3.65. The van der Waals surface area contributed by atoms with E-state index in [-0.39, 0.29) is 5.37 Å². The maximum Gasteiger partial charge on any atom is 0.316 e. The Morgan fingerprint density at radius 1 is 1.00 bits per heavy atom. The second-order valence-corrected chi connectivity index (χ2v) is 3.98. The molecule has 0 aromatic heterocycles. The molecule has 0 aliphatic carbocycles. The van der Waals surface area contributed by atoms with Crippen molar-refractivity contribution in [3.63, 3.8) is 0 Å². The van der Waals surface area contributed by atoms with E-state index in [0.717, 1.165) is 25.9 Å². The first-order chi connectivity index (χ1) is 6.72. The minimum atomic E-state index is -0.294. The average Bonchev–Trinajstić information content (AvgIpc) is 2.15. The van der Waals surface area contributed by atoms with E-state index in [1.165, 1.54) is 25.7 Å². The third-order valence-electron chi connectivity index (χ3n) is 2.31. The van der Waals surface area contributed by atoms with Crippen LogP contribution in [0.25, 0.3) is 0 Å². The van der Waals surface area contributed by atoms with Crippen LogP contribution in [0.2, 0.25) is 0 Å². The summed E-state index contributed by atoms with van der Waals surface area (Å²) < 4.78 is 0. The van der Waals surface area contributed by atoms with Crippen molar-refractivity contribution in [1.29, 1.82) is 0 Å². The van der Waals surface area contributed by atoms with Gasteiger partial charge in [-0.15, -0.1) is 0 Å². The van der Waals surface area contributed by atoms with Crippen LogP contribution in [0.1, 0.15) is 52.4 Å². The number of hydrogen-bond donors (Lipinski definition) is 0. The van der Waals surface area contributed by atoms with Crippen molar-refractivity contribution in [3.05, 3.63) is 0 Å². The largest absolute Gasteiger partial charge is 0.329 e. The van der Waals surface area contributed by atoms with Gasteiger partial charge >= 0.3 is 5.37 Å². The Labute approximate surface area is 92.6 Å². The maximum absolute atomic E-state index is 11.0. The molecule has 3 heteroatoms. The normalized spacial score (nSPS) is 10.2. The third-order valence-corrected chi connectivity index (χ3v) is 2.55. The van der Waals surface area contributed by atoms with Gasteiger partial charge < -0.3 is 4.90 Å². The molecule has 0 aliphatic heterocycles. The number of carbonyl (C=O) groups is 1. The van der Waals surface area contributed by atoms with E-state index in [1.807, 2.05) is 0 Å². The van der Waals surface area contributed by atoms with Gasteiger partial charge in [-0.1, -0.05) is 39.5 Å². The van der Waals surface area contributed by atoms with E-state index in [0.29, 0.717) is 0 Å². The molecule has 0 spiro atoms. The first-order valence-electron chi connectivity index (χ1n) is 5.66. The standard InChI is InChI=1S/C11H22ClNO/c1-3-5-7-9-13(11(12)14)10-8-6-4-2/h3-10H2,1-2H3. The minimum absolute atomic E-state index is 0.294. The third kappa shape index (κ3) is 7.19. The van der Waals surface area contributed by atoms with Gasteiger partial charge in [0.1, 0.15) is 0 Å². The van der Waals surface area contributed by atoms with Gasteiger partial charge in [-0.3, -0.25) is 4.79 Å². The fourth-order valence-electron chi connectivity index (χ4n) is 1.39. The fraction of sp³-hybridized carbons (Fsp3) is 0.909. The Kier molecular flexibility index (Phi) is 9.16. The molecule has 2 nitrogen and oxygen atoms in total. The molecule has 0 radical (unpaired) electrons. The zero-order valence-electron chi connectivity index (χ0n) is 9.39. The number of carbonyl (C=O) groups excluding carboxylic acids is 1. The topological polar surface area (TPSA) is 20.3 Å². The van der Waals surface area contributed by atoms with Crippen molar-refractivity contribution in [2.45, 2.75) is 52.4 Å². The summed E-state index contributed by atoms with van der Waals surface area (Å²) in [6, 6.07) is 0. The highest BCUT2D eigenvalue weighted by atomic mass is 35.5. The van der Waals surface area contributed by atoms with Gasteiger partial charge in [-0.05, 0) is 24.4 Å². The summed E-state index contributed by atoms with van der Waals surface area (Å²) in [5.41, 5.74) is 0. The number of rotatable bonds is 8. The Hall–Kier alpha value is -0.240. The average molecular weight is 220 g/mol. The van der Waals surface area contributed by atoms with Crippen LogP contribution in [-0.2, 0) is 0 Å². The van der Waals surface area contributed by atoms with Crippen LogP contribution in [0, 0.1) is 0 Å². The molecule has 0 aromatic carbocycles. The van der Waals surface area contributed by atoms with E-state index in [1.54, 1.807) is 4.90 Å². The number of halogens is 1. The predicted molar refractivity (Wildman–Crippen MR) is 61.9 cm³/mol. The van der Waals surface area contributed by atoms with Gasteiger partial charge in [0, 0.05) is 13.1 Å². The van der Waals surface area contributed by atoms with Gasteiger partial charge in [-0.2, -0.15) is 0 Å². The quantitative estimate of drug-likeness (QED) is 0.343. The van der Waals surface area contributed by atoms with E-state index in [2.05, 4.69) is 13.8 Å². The number of hydrogen-bond acceptors (Lipinski definition) is 1. The summed E-state index contributed by atoms with van der Waals surface area (Å²) in [6.07, 6.45) is 6.85. The highest BCUT2D eigenvalue weighted by Crippen LogP contribution is 2.05. The zero-order valence-corrected chi connectivity index (χ0v) is 10.1. The van der Waals surface area contributed by atoms with E-state index < -0.39 is 0 Å². The van der Waals surface area contributed by atoms with Crippen LogP contribution in [0.15, 0.2) is 0 Å². The lowest BCUT2D eigenvalue weighted by Crippen LogP contribution is -2.28. The van der Waals surface area contributed by atoms with Crippen LogP contribution < -0.4 is 0 Å². The molecule has 0 heterocycles. The van der Waals surface area contributed by atoms with E-state index >= 15 is 0 Å². The van der Waals surface area contributed by atoms with Crippen LogP contribution in [0.3, 0.4) is 0 Å². The Morgan fingerprint density at radius 2 is 1.43 bits per heavy atom. The van der Waals surface area contributed by atoms with Crippen molar-refractivity contribution >= 4 is 17.0 Å². The summed E-state index contributed by atoms with van der Waals surface area (Å²) in [6.45, 7) is 5.95. The Balaban J connectivity index is 3.61. The molecule has 84 valence electrons. The van der Waals surface area contributed by atoms with Crippen LogP contribution >= 0.6 is 11.6 Å². The minimum Gasteiger partial charge on any atom is -0.329 e. The molecule has 0 fully saturated rings. The lowest BCUT2D eigenvalue weighted by atomic mass is 10.2. The van der Waals surface area contributed by atoms with Crippen LogP contribution in [0.4, 0.5) is 4.79 Å². The van der Waals surface area contributed by atoms with Crippen molar-refractivity contribution in [3.8, 4) is 0 Å². The molecular formula is C11H22ClNO. The summed E-state index contributed by atoms with van der Waals surface area (Å²) in [5, 5.41) is -0.294. The van der Waals surface area contributed by atoms with Crippen molar-refractivity contribution in [1.82, 2.24) is 4.90 Å². The molecular weight excluding hydrogens is 198 g/mol. The number of nitrogens with zero attached hydrogens (tertiary/aromatic N) is 1. The molecule has 0 saturated carbocycles. The second kappa shape index (κ2) is 9.32. The van der Waals surface area contributed by atoms with E-state index in [4.69, 9.17) is 11.6 Å². The molecule has 1 amide bonds. The van der Waals surface area contributed by atoms with Gasteiger partial charge in [0.05, 0.1) is 0 Å². The molecule has 0 aliphatic rings. The van der Waals surface area contributed by atoms with Gasteiger partial charge in [0.25, 0.3) is 0 Å².